The third-order valence-electron chi connectivity index (χ3n) is 3.91. The number of rotatable bonds is 2. The van der Waals surface area contributed by atoms with Crippen LogP contribution in [0.25, 0.3) is 0 Å². The summed E-state index contributed by atoms with van der Waals surface area (Å²) in [6.07, 6.45) is 3.27. The van der Waals surface area contributed by atoms with E-state index < -0.39 is 0 Å². The van der Waals surface area contributed by atoms with Gasteiger partial charge in [0, 0.05) is 24.2 Å². The van der Waals surface area contributed by atoms with Gasteiger partial charge in [0.1, 0.15) is 0 Å². The molecule has 3 nitrogen and oxygen atoms in total. The van der Waals surface area contributed by atoms with Crippen molar-refractivity contribution in [1.29, 1.82) is 0 Å². The van der Waals surface area contributed by atoms with Crippen molar-refractivity contribution >= 4 is 5.91 Å². The van der Waals surface area contributed by atoms with E-state index in [2.05, 4.69) is 6.92 Å². The van der Waals surface area contributed by atoms with Crippen molar-refractivity contribution in [2.24, 2.45) is 5.73 Å². The lowest BCUT2D eigenvalue weighted by Gasteiger charge is -2.40. The second-order valence-electron chi connectivity index (χ2n) is 5.20. The van der Waals surface area contributed by atoms with Crippen molar-refractivity contribution in [3.8, 4) is 0 Å². The molecule has 1 aromatic rings. The van der Waals surface area contributed by atoms with Gasteiger partial charge in [-0.1, -0.05) is 18.2 Å². The van der Waals surface area contributed by atoms with Crippen molar-refractivity contribution in [1.82, 2.24) is 4.90 Å². The Kier molecular flexibility index (Phi) is 4.02. The SMILES string of the molecule is Cc1ccccc1C(=O)N1C(C)CCCC1CN. The maximum absolute atomic E-state index is 12.7. The smallest absolute Gasteiger partial charge is 0.254 e. The summed E-state index contributed by atoms with van der Waals surface area (Å²) in [5.74, 6) is 0.135. The van der Waals surface area contributed by atoms with Crippen LogP contribution < -0.4 is 5.73 Å². The molecule has 2 unspecified atom stereocenters. The number of likely N-dealkylation sites (tertiary alicyclic amines) is 1. The highest BCUT2D eigenvalue weighted by Gasteiger charge is 2.31. The molecular formula is C15H22N2O. The number of nitrogens with zero attached hydrogens (tertiary/aromatic N) is 1. The quantitative estimate of drug-likeness (QED) is 0.870. The van der Waals surface area contributed by atoms with Crippen LogP contribution in [-0.2, 0) is 0 Å². The Morgan fingerprint density at radius 3 is 2.78 bits per heavy atom. The molecule has 2 rings (SSSR count). The van der Waals surface area contributed by atoms with Gasteiger partial charge in [0.05, 0.1) is 0 Å². The minimum Gasteiger partial charge on any atom is -0.332 e. The van der Waals surface area contributed by atoms with Crippen molar-refractivity contribution in [3.63, 3.8) is 0 Å². The zero-order chi connectivity index (χ0) is 13.1. The zero-order valence-electron chi connectivity index (χ0n) is 11.2. The Bertz CT molecular complexity index is 430. The first-order valence-corrected chi connectivity index (χ1v) is 6.73. The number of aryl methyl sites for hydroxylation is 1. The summed E-state index contributed by atoms with van der Waals surface area (Å²) in [5, 5.41) is 0. The van der Waals surface area contributed by atoms with Gasteiger partial charge in [0.15, 0.2) is 0 Å². The maximum atomic E-state index is 12.7. The van der Waals surface area contributed by atoms with E-state index in [0.29, 0.717) is 12.6 Å². The molecule has 1 amide bonds. The molecule has 0 aromatic heterocycles. The number of nitrogens with two attached hydrogens (primary N) is 1. The Morgan fingerprint density at radius 1 is 1.39 bits per heavy atom. The van der Waals surface area contributed by atoms with Crippen molar-refractivity contribution in [3.05, 3.63) is 35.4 Å². The van der Waals surface area contributed by atoms with Gasteiger partial charge in [-0.2, -0.15) is 0 Å². The molecule has 1 aromatic carbocycles. The second kappa shape index (κ2) is 5.53. The summed E-state index contributed by atoms with van der Waals surface area (Å²) >= 11 is 0. The lowest BCUT2D eigenvalue weighted by Crippen LogP contribution is -2.52. The van der Waals surface area contributed by atoms with Crippen LogP contribution in [0.1, 0.15) is 42.1 Å². The van der Waals surface area contributed by atoms with E-state index in [1.54, 1.807) is 0 Å². The van der Waals surface area contributed by atoms with Gasteiger partial charge < -0.3 is 10.6 Å². The first kappa shape index (κ1) is 13.1. The molecule has 0 bridgehead atoms. The van der Waals surface area contributed by atoms with Gasteiger partial charge in [0.25, 0.3) is 5.91 Å². The van der Waals surface area contributed by atoms with Gasteiger partial charge in [-0.15, -0.1) is 0 Å². The van der Waals surface area contributed by atoms with Crippen LogP contribution in [0.15, 0.2) is 24.3 Å². The number of hydrogen-bond donors (Lipinski definition) is 1. The molecule has 1 fully saturated rings. The fourth-order valence-corrected chi connectivity index (χ4v) is 2.84. The molecule has 0 spiro atoms. The third-order valence-corrected chi connectivity index (χ3v) is 3.91. The first-order chi connectivity index (χ1) is 8.65. The number of carbonyl (C=O) groups is 1. The Hall–Kier alpha value is -1.35. The minimum atomic E-state index is 0.135. The van der Waals surface area contributed by atoms with Crippen LogP contribution in [0.2, 0.25) is 0 Å². The van der Waals surface area contributed by atoms with Crippen LogP contribution in [0.5, 0.6) is 0 Å². The average molecular weight is 246 g/mol. The standard InChI is InChI=1S/C15H22N2O/c1-11-6-3-4-9-14(11)15(18)17-12(2)7-5-8-13(17)10-16/h3-4,6,9,12-13H,5,7-8,10,16H2,1-2H3. The largest absolute Gasteiger partial charge is 0.332 e. The Balaban J connectivity index is 2.28. The molecule has 3 heteroatoms. The summed E-state index contributed by atoms with van der Waals surface area (Å²) < 4.78 is 0. The van der Waals surface area contributed by atoms with Crippen molar-refractivity contribution in [2.45, 2.75) is 45.2 Å². The monoisotopic (exact) mass is 246 g/mol. The molecule has 2 N–H and O–H groups in total. The molecular weight excluding hydrogens is 224 g/mol. The average Bonchev–Trinajstić information content (AvgIpc) is 2.38. The van der Waals surface area contributed by atoms with E-state index in [1.165, 1.54) is 6.42 Å². The van der Waals surface area contributed by atoms with Crippen LogP contribution in [0.3, 0.4) is 0 Å². The normalized spacial score (nSPS) is 24.1. The number of piperidine rings is 1. The van der Waals surface area contributed by atoms with Gasteiger partial charge in [0.2, 0.25) is 0 Å². The highest BCUT2D eigenvalue weighted by Crippen LogP contribution is 2.25. The molecule has 0 aliphatic carbocycles. The molecule has 1 aliphatic rings. The van der Waals surface area contributed by atoms with Gasteiger partial charge in [-0.3, -0.25) is 4.79 Å². The van der Waals surface area contributed by atoms with Crippen LogP contribution in [0, 0.1) is 6.92 Å². The van der Waals surface area contributed by atoms with E-state index in [4.69, 9.17) is 5.73 Å². The van der Waals surface area contributed by atoms with Crippen LogP contribution >= 0.6 is 0 Å². The summed E-state index contributed by atoms with van der Waals surface area (Å²) in [6, 6.07) is 8.27. The molecule has 1 saturated heterocycles. The third kappa shape index (κ3) is 2.41. The summed E-state index contributed by atoms with van der Waals surface area (Å²) in [5.41, 5.74) is 7.66. The lowest BCUT2D eigenvalue weighted by atomic mass is 9.94. The highest BCUT2D eigenvalue weighted by molar-refractivity contribution is 5.96. The molecule has 1 aliphatic heterocycles. The fraction of sp³-hybridized carbons (Fsp3) is 0.533. The highest BCUT2D eigenvalue weighted by atomic mass is 16.2. The van der Waals surface area contributed by atoms with Crippen molar-refractivity contribution < 1.29 is 4.79 Å². The molecule has 1 heterocycles. The molecule has 98 valence electrons. The lowest BCUT2D eigenvalue weighted by molar-refractivity contribution is 0.0493. The Morgan fingerprint density at radius 2 is 2.11 bits per heavy atom. The van der Waals surface area contributed by atoms with Gasteiger partial charge in [-0.25, -0.2) is 0 Å². The van der Waals surface area contributed by atoms with E-state index in [1.807, 2.05) is 36.1 Å². The summed E-state index contributed by atoms with van der Waals surface area (Å²) in [6.45, 7) is 4.67. The molecule has 0 radical (unpaired) electrons. The number of amides is 1. The summed E-state index contributed by atoms with van der Waals surface area (Å²) in [4.78, 5) is 14.7. The van der Waals surface area contributed by atoms with E-state index in [9.17, 15) is 4.79 Å². The molecule has 2 atom stereocenters. The molecule has 18 heavy (non-hydrogen) atoms. The summed E-state index contributed by atoms with van der Waals surface area (Å²) in [7, 11) is 0. The van der Waals surface area contributed by atoms with Crippen LogP contribution in [0.4, 0.5) is 0 Å². The van der Waals surface area contributed by atoms with Gasteiger partial charge in [-0.05, 0) is 44.7 Å². The fourth-order valence-electron chi connectivity index (χ4n) is 2.84. The van der Waals surface area contributed by atoms with Crippen molar-refractivity contribution in [2.75, 3.05) is 6.54 Å². The van der Waals surface area contributed by atoms with E-state index in [-0.39, 0.29) is 11.9 Å². The second-order valence-corrected chi connectivity index (χ2v) is 5.20. The first-order valence-electron chi connectivity index (χ1n) is 6.73. The van der Waals surface area contributed by atoms with Crippen LogP contribution in [-0.4, -0.2) is 29.4 Å². The number of carbonyl (C=O) groups excluding carboxylic acids is 1. The molecule has 0 saturated carbocycles. The van der Waals surface area contributed by atoms with Gasteiger partial charge >= 0.3 is 0 Å². The predicted molar refractivity (Wildman–Crippen MR) is 73.5 cm³/mol. The van der Waals surface area contributed by atoms with E-state index in [0.717, 1.165) is 24.0 Å². The Labute approximate surface area is 109 Å². The number of benzene rings is 1. The predicted octanol–water partition coefficient (Wildman–Crippen LogP) is 2.34. The van der Waals surface area contributed by atoms with E-state index >= 15 is 0 Å². The maximum Gasteiger partial charge on any atom is 0.254 e. The minimum absolute atomic E-state index is 0.135. The zero-order valence-corrected chi connectivity index (χ0v) is 11.2. The number of hydrogen-bond acceptors (Lipinski definition) is 2. The topological polar surface area (TPSA) is 46.3 Å².